The Morgan fingerprint density at radius 3 is 2.52 bits per heavy atom. The number of carbonyl (C=O) groups excluding carboxylic acids is 1. The molecule has 40 heavy (non-hydrogen) atoms. The predicted molar refractivity (Wildman–Crippen MR) is 144 cm³/mol. The van der Waals surface area contributed by atoms with Crippen molar-refractivity contribution in [3.8, 4) is 5.75 Å². The Bertz CT molecular complexity index is 1420. The number of aromatic nitrogens is 2. The smallest absolute Gasteiger partial charge is 0.351 e. The summed E-state index contributed by atoms with van der Waals surface area (Å²) in [6.07, 6.45) is -5.17. The first kappa shape index (κ1) is 29.7. The van der Waals surface area contributed by atoms with Crippen LogP contribution >= 0.6 is 6.64 Å². The number of benzene rings is 2. The highest BCUT2D eigenvalue weighted by molar-refractivity contribution is 8.09. The topological polar surface area (TPSA) is 147 Å². The number of halogens is 2. The first-order valence-corrected chi connectivity index (χ1v) is 14.7. The molecule has 0 bridgehead atoms. The van der Waals surface area contributed by atoms with Crippen molar-refractivity contribution < 1.29 is 37.2 Å². The average molecular weight is 597 g/mol. The SMILES string of the molecule is C[C@H](NP(=S)(OC[C@H]1O[C@@H](n2ccc(N)nc2=O)C(F)(F)[C@@H]1O)Oc1ccccc1)C(=O)OCc1ccccc1. The first-order chi connectivity index (χ1) is 19.0. The normalized spacial score (nSPS) is 22.2. The molecule has 0 aliphatic carbocycles. The second kappa shape index (κ2) is 12.5. The minimum Gasteiger partial charge on any atom is -0.460 e. The number of ether oxygens (including phenoxy) is 2. The number of alkyl halides is 2. The quantitative estimate of drug-likeness (QED) is 0.222. The molecule has 1 aliphatic rings. The zero-order chi connectivity index (χ0) is 28.9. The molecule has 0 radical (unpaired) electrons. The van der Waals surface area contributed by atoms with Crippen molar-refractivity contribution in [1.29, 1.82) is 0 Å². The predicted octanol–water partition coefficient (Wildman–Crippen LogP) is 2.76. The highest BCUT2D eigenvalue weighted by atomic mass is 32.5. The lowest BCUT2D eigenvalue weighted by Crippen LogP contribution is -2.42. The molecule has 5 atom stereocenters. The van der Waals surface area contributed by atoms with Gasteiger partial charge < -0.3 is 29.4 Å². The zero-order valence-electron chi connectivity index (χ0n) is 21.1. The van der Waals surface area contributed by atoms with Crippen molar-refractivity contribution in [2.24, 2.45) is 0 Å². The van der Waals surface area contributed by atoms with Gasteiger partial charge in [-0.15, -0.1) is 0 Å². The molecule has 214 valence electrons. The molecule has 1 aliphatic heterocycles. The second-order valence-corrected chi connectivity index (χ2v) is 12.0. The summed E-state index contributed by atoms with van der Waals surface area (Å²) in [4.78, 5) is 28.2. The number of carbonyl (C=O) groups is 1. The van der Waals surface area contributed by atoms with E-state index in [1.165, 1.54) is 6.92 Å². The third-order valence-corrected chi connectivity index (χ3v) is 8.29. The molecule has 0 saturated carbocycles. The van der Waals surface area contributed by atoms with Gasteiger partial charge in [-0.25, -0.2) is 9.88 Å². The fraction of sp³-hybridized carbons (Fsp3) is 0.320. The van der Waals surface area contributed by atoms with Gasteiger partial charge in [-0.2, -0.15) is 13.8 Å². The van der Waals surface area contributed by atoms with Crippen LogP contribution in [0.4, 0.5) is 14.6 Å². The van der Waals surface area contributed by atoms with E-state index in [2.05, 4.69) is 10.1 Å². The summed E-state index contributed by atoms with van der Waals surface area (Å²) in [7, 11) is 0. The van der Waals surface area contributed by atoms with Crippen molar-refractivity contribution in [2.45, 2.75) is 43.9 Å². The largest absolute Gasteiger partial charge is 0.460 e. The number of anilines is 1. The molecule has 4 N–H and O–H groups in total. The molecule has 11 nitrogen and oxygen atoms in total. The molecule has 1 aromatic heterocycles. The summed E-state index contributed by atoms with van der Waals surface area (Å²) in [5, 5.41) is 13.2. The zero-order valence-corrected chi connectivity index (χ0v) is 22.8. The van der Waals surface area contributed by atoms with Crippen molar-refractivity contribution in [3.05, 3.63) is 89.0 Å². The molecule has 15 heteroatoms. The van der Waals surface area contributed by atoms with Crippen LogP contribution in [0, 0.1) is 0 Å². The number of nitrogens with one attached hydrogen (secondary N) is 1. The van der Waals surface area contributed by atoms with E-state index >= 15 is 0 Å². The standard InChI is InChI=1S/C25H27F2N4O7PS/c1-16(22(33)35-14-17-8-4-2-5-9-17)30-39(40,38-18-10-6-3-7-11-18)36-15-19-21(32)25(26,27)23(37-19)31-13-12-20(28)29-24(31)34/h2-13,16,19,21,23,32H,14-15H2,1H3,(H,30,40)(H2,28,29,34)/t16-,19+,21+,23+,39?/m0/s1. The maximum Gasteiger partial charge on any atom is 0.351 e. The summed E-state index contributed by atoms with van der Waals surface area (Å²) in [6.45, 7) is -2.78. The van der Waals surface area contributed by atoms with Gasteiger partial charge in [0.25, 0.3) is 0 Å². The van der Waals surface area contributed by atoms with Gasteiger partial charge in [-0.05, 0) is 42.5 Å². The lowest BCUT2D eigenvalue weighted by molar-refractivity contribution is -0.146. The Labute approximate surface area is 233 Å². The third-order valence-electron chi connectivity index (χ3n) is 5.79. The van der Waals surface area contributed by atoms with Crippen molar-refractivity contribution in [2.75, 3.05) is 12.3 Å². The highest BCUT2D eigenvalue weighted by Crippen LogP contribution is 2.48. The van der Waals surface area contributed by atoms with Crippen LogP contribution in [0.1, 0.15) is 18.7 Å². The Balaban J connectivity index is 1.47. The maximum absolute atomic E-state index is 15.0. The number of hydrogen-bond donors (Lipinski definition) is 3. The molecule has 0 amide bonds. The Hall–Kier alpha value is -3.26. The van der Waals surface area contributed by atoms with Crippen LogP contribution in [0.2, 0.25) is 0 Å². The number of hydrogen-bond acceptors (Lipinski definition) is 10. The number of rotatable bonds is 11. The van der Waals surface area contributed by atoms with Gasteiger partial charge in [-0.1, -0.05) is 48.5 Å². The Morgan fingerprint density at radius 2 is 1.88 bits per heavy atom. The van der Waals surface area contributed by atoms with E-state index in [1.807, 2.05) is 6.07 Å². The van der Waals surface area contributed by atoms with Crippen LogP contribution in [0.15, 0.2) is 77.7 Å². The van der Waals surface area contributed by atoms with Crippen LogP contribution in [-0.4, -0.2) is 51.4 Å². The maximum atomic E-state index is 15.0. The highest BCUT2D eigenvalue weighted by Gasteiger charge is 2.60. The number of nitrogens with zero attached hydrogens (tertiary/aromatic N) is 2. The molecular weight excluding hydrogens is 569 g/mol. The molecular formula is C25H27F2N4O7PS. The number of para-hydroxylation sites is 1. The van der Waals surface area contributed by atoms with Crippen molar-refractivity contribution in [1.82, 2.24) is 14.6 Å². The number of esters is 1. The van der Waals surface area contributed by atoms with Crippen LogP contribution in [0.25, 0.3) is 0 Å². The van der Waals surface area contributed by atoms with E-state index in [1.54, 1.807) is 54.6 Å². The summed E-state index contributed by atoms with van der Waals surface area (Å²) >= 11 is 5.59. The lowest BCUT2D eigenvalue weighted by Gasteiger charge is -2.27. The van der Waals surface area contributed by atoms with E-state index in [0.29, 0.717) is 10.3 Å². The van der Waals surface area contributed by atoms with Crippen molar-refractivity contribution >= 4 is 30.2 Å². The molecule has 1 saturated heterocycles. The van der Waals surface area contributed by atoms with Gasteiger partial charge in [0.1, 0.15) is 30.3 Å². The first-order valence-electron chi connectivity index (χ1n) is 12.0. The van der Waals surface area contributed by atoms with Gasteiger partial charge in [0, 0.05) is 6.20 Å². The number of aliphatic hydroxyl groups excluding tert-OH is 1. The van der Waals surface area contributed by atoms with Crippen LogP contribution in [0.3, 0.4) is 0 Å². The number of aliphatic hydroxyl groups is 1. The molecule has 4 rings (SSSR count). The van der Waals surface area contributed by atoms with Crippen LogP contribution in [0.5, 0.6) is 5.75 Å². The molecule has 3 aromatic rings. The molecule has 1 unspecified atom stereocenters. The van der Waals surface area contributed by atoms with Crippen LogP contribution < -0.4 is 21.0 Å². The fourth-order valence-electron chi connectivity index (χ4n) is 3.74. The second-order valence-electron chi connectivity index (χ2n) is 8.83. The summed E-state index contributed by atoms with van der Waals surface area (Å²) < 4.78 is 52.7. The van der Waals surface area contributed by atoms with Gasteiger partial charge >= 0.3 is 24.2 Å². The number of nitrogens with two attached hydrogens (primary N) is 1. The fourth-order valence-corrected chi connectivity index (χ4v) is 6.15. The van der Waals surface area contributed by atoms with Gasteiger partial charge in [0.15, 0.2) is 6.10 Å². The summed E-state index contributed by atoms with van der Waals surface area (Å²) in [5.74, 6) is -4.42. The van der Waals surface area contributed by atoms with E-state index in [-0.39, 0.29) is 12.4 Å². The average Bonchev–Trinajstić information content (AvgIpc) is 3.15. The summed E-state index contributed by atoms with van der Waals surface area (Å²) in [5.41, 5.74) is 5.13. The van der Waals surface area contributed by atoms with Crippen molar-refractivity contribution in [3.63, 3.8) is 0 Å². The minimum absolute atomic E-state index is 0.0207. The molecule has 1 fully saturated rings. The van der Waals surface area contributed by atoms with E-state index in [4.69, 9.17) is 36.1 Å². The molecule has 0 spiro atoms. The van der Waals surface area contributed by atoms with E-state index in [9.17, 15) is 23.5 Å². The Kier molecular flexibility index (Phi) is 9.29. The van der Waals surface area contributed by atoms with E-state index in [0.717, 1.165) is 17.8 Å². The summed E-state index contributed by atoms with van der Waals surface area (Å²) in [6, 6.07) is 17.5. The third kappa shape index (κ3) is 7.08. The number of nitrogen functional groups attached to an aromatic ring is 1. The molecule has 2 heterocycles. The van der Waals surface area contributed by atoms with Crippen LogP contribution in [-0.2, 0) is 37.2 Å². The monoisotopic (exact) mass is 596 g/mol. The van der Waals surface area contributed by atoms with E-state index < -0.39 is 55.3 Å². The minimum atomic E-state index is -3.89. The molecule has 2 aromatic carbocycles. The van der Waals surface area contributed by atoms with Gasteiger partial charge in [-0.3, -0.25) is 9.36 Å². The lowest BCUT2D eigenvalue weighted by atomic mass is 10.1. The van der Waals surface area contributed by atoms with Gasteiger partial charge in [0.05, 0.1) is 6.61 Å². The Morgan fingerprint density at radius 1 is 1.23 bits per heavy atom. The van der Waals surface area contributed by atoms with Gasteiger partial charge in [0.2, 0.25) is 6.23 Å².